The molecular weight excluding hydrogens is 413 g/mol. The maximum absolute atomic E-state index is 12.9. The lowest BCUT2D eigenvalue weighted by Gasteiger charge is -2.15. The fourth-order valence-electron chi connectivity index (χ4n) is 3.27. The second kappa shape index (κ2) is 7.85. The van der Waals surface area contributed by atoms with Gasteiger partial charge in [0.2, 0.25) is 0 Å². The average molecular weight is 428 g/mol. The number of carbonyl (C=O) groups excluding carboxylic acids is 2. The minimum absolute atomic E-state index is 0.142. The number of ketones is 2. The number of aromatic nitrogens is 1. The van der Waals surface area contributed by atoms with Gasteiger partial charge in [-0.3, -0.25) is 14.6 Å². The number of benzene rings is 2. The van der Waals surface area contributed by atoms with E-state index in [1.807, 2.05) is 0 Å². The van der Waals surface area contributed by atoms with Crippen molar-refractivity contribution in [3.63, 3.8) is 0 Å². The summed E-state index contributed by atoms with van der Waals surface area (Å²) in [4.78, 5) is 29.3. The lowest BCUT2D eigenvalue weighted by atomic mass is 9.90. The van der Waals surface area contributed by atoms with Gasteiger partial charge in [-0.15, -0.1) is 0 Å². The van der Waals surface area contributed by atoms with Crippen LogP contribution in [0.25, 0.3) is 10.9 Å². The van der Waals surface area contributed by atoms with E-state index in [4.69, 9.17) is 27.9 Å². The van der Waals surface area contributed by atoms with E-state index in [1.165, 1.54) is 0 Å². The number of ether oxygens (including phenoxy) is 1. The normalized spacial score (nSPS) is 14.3. The Morgan fingerprint density at radius 1 is 1.07 bits per heavy atom. The van der Waals surface area contributed by atoms with Crippen molar-refractivity contribution >= 4 is 45.7 Å². The number of para-hydroxylation sites is 1. The Labute approximate surface area is 176 Å². The highest BCUT2D eigenvalue weighted by molar-refractivity contribution is 6.37. The van der Waals surface area contributed by atoms with E-state index in [-0.39, 0.29) is 29.1 Å². The minimum Gasteiger partial charge on any atom is -0.511 e. The number of halogens is 2. The first kappa shape index (κ1) is 19.4. The molecule has 0 unspecified atom stereocenters. The maximum atomic E-state index is 12.9. The Morgan fingerprint density at radius 2 is 1.83 bits per heavy atom. The number of carbonyl (C=O) groups is 2. The number of pyridine rings is 1. The van der Waals surface area contributed by atoms with E-state index in [0.717, 1.165) is 0 Å². The Morgan fingerprint density at radius 3 is 2.55 bits per heavy atom. The summed E-state index contributed by atoms with van der Waals surface area (Å²) < 4.78 is 5.93. The summed E-state index contributed by atoms with van der Waals surface area (Å²) in [7, 11) is 0. The zero-order valence-corrected chi connectivity index (χ0v) is 16.6. The summed E-state index contributed by atoms with van der Waals surface area (Å²) in [5, 5.41) is 11.3. The molecule has 1 aliphatic carbocycles. The first-order chi connectivity index (χ1) is 14.0. The highest BCUT2D eigenvalue weighted by Crippen LogP contribution is 2.38. The van der Waals surface area contributed by atoms with Crippen LogP contribution in [0.15, 0.2) is 60.0 Å². The Kier molecular flexibility index (Phi) is 5.26. The van der Waals surface area contributed by atoms with Crippen molar-refractivity contribution in [1.82, 2.24) is 4.98 Å². The van der Waals surface area contributed by atoms with Gasteiger partial charge >= 0.3 is 0 Å². The Balaban J connectivity index is 1.79. The van der Waals surface area contributed by atoms with Crippen LogP contribution in [0.5, 0.6) is 11.5 Å². The predicted octanol–water partition coefficient (Wildman–Crippen LogP) is 6.08. The second-order valence-corrected chi connectivity index (χ2v) is 7.44. The summed E-state index contributed by atoms with van der Waals surface area (Å²) >= 11 is 12.4. The van der Waals surface area contributed by atoms with E-state index < -0.39 is 5.78 Å². The fraction of sp³-hybridized carbons (Fsp3) is 0.136. The van der Waals surface area contributed by atoms with Crippen LogP contribution in [0.1, 0.15) is 29.6 Å². The van der Waals surface area contributed by atoms with Gasteiger partial charge in [-0.05, 0) is 42.8 Å². The molecule has 1 aliphatic rings. The van der Waals surface area contributed by atoms with Crippen molar-refractivity contribution in [3.8, 4) is 11.5 Å². The van der Waals surface area contributed by atoms with Crippen LogP contribution < -0.4 is 4.74 Å². The molecule has 4 rings (SSSR count). The zero-order valence-electron chi connectivity index (χ0n) is 15.1. The smallest absolute Gasteiger partial charge is 0.200 e. The molecule has 0 bridgehead atoms. The van der Waals surface area contributed by atoms with Gasteiger partial charge in [0.05, 0.1) is 15.6 Å². The molecule has 2 aromatic carbocycles. The second-order valence-electron chi connectivity index (χ2n) is 6.62. The lowest BCUT2D eigenvalue weighted by Crippen LogP contribution is -2.19. The lowest BCUT2D eigenvalue weighted by molar-refractivity contribution is -0.116. The Bertz CT molecular complexity index is 1170. The third-order valence-electron chi connectivity index (χ3n) is 4.71. The topological polar surface area (TPSA) is 76.5 Å². The quantitative estimate of drug-likeness (QED) is 0.403. The molecule has 0 atom stereocenters. The number of Topliss-reactive ketones (excluding diaryl/α,β-unsaturated/α-hetero) is 2. The summed E-state index contributed by atoms with van der Waals surface area (Å²) in [6.45, 7) is 0. The average Bonchev–Trinajstić information content (AvgIpc) is 2.70. The number of nitrogens with zero attached hydrogens (tertiary/aromatic N) is 1. The molecule has 29 heavy (non-hydrogen) atoms. The van der Waals surface area contributed by atoms with Crippen LogP contribution in [0.2, 0.25) is 10.0 Å². The highest BCUT2D eigenvalue weighted by atomic mass is 35.5. The van der Waals surface area contributed by atoms with Gasteiger partial charge in [-0.25, -0.2) is 0 Å². The van der Waals surface area contributed by atoms with E-state index in [9.17, 15) is 14.7 Å². The summed E-state index contributed by atoms with van der Waals surface area (Å²) in [5.74, 6) is -0.309. The molecule has 3 aromatic rings. The van der Waals surface area contributed by atoms with Crippen molar-refractivity contribution in [2.24, 2.45) is 0 Å². The molecule has 0 fully saturated rings. The number of rotatable bonds is 4. The third-order valence-corrected chi connectivity index (χ3v) is 5.30. The number of aliphatic hydroxyl groups excluding tert-OH is 1. The van der Waals surface area contributed by atoms with Crippen LogP contribution in [0.4, 0.5) is 0 Å². The number of hydrogen-bond acceptors (Lipinski definition) is 5. The SMILES string of the molecule is O=C1CCCC(O)=C1C(=O)c1ccc2nccc(Oc3c(Cl)cccc3Cl)c2c1. The minimum atomic E-state index is -0.514. The summed E-state index contributed by atoms with van der Waals surface area (Å²) in [6.07, 6.45) is 2.68. The molecule has 0 saturated carbocycles. The van der Waals surface area contributed by atoms with Gasteiger partial charge < -0.3 is 9.84 Å². The largest absolute Gasteiger partial charge is 0.511 e. The van der Waals surface area contributed by atoms with Crippen LogP contribution in [-0.2, 0) is 4.79 Å². The monoisotopic (exact) mass is 427 g/mol. The molecule has 0 aliphatic heterocycles. The molecule has 7 heteroatoms. The van der Waals surface area contributed by atoms with Crippen molar-refractivity contribution in [2.75, 3.05) is 0 Å². The number of fused-ring (bicyclic) bond motifs is 1. The Hall–Kier alpha value is -2.89. The third kappa shape index (κ3) is 3.71. The molecule has 0 amide bonds. The summed E-state index contributed by atoms with van der Waals surface area (Å²) in [6, 6.07) is 11.5. The van der Waals surface area contributed by atoms with E-state index in [1.54, 1.807) is 48.7 Å². The molecule has 1 heterocycles. The van der Waals surface area contributed by atoms with Crippen LogP contribution in [-0.4, -0.2) is 21.7 Å². The summed E-state index contributed by atoms with van der Waals surface area (Å²) in [5.41, 5.74) is 0.712. The first-order valence-corrected chi connectivity index (χ1v) is 9.72. The molecule has 5 nitrogen and oxygen atoms in total. The number of aliphatic hydroxyl groups is 1. The molecular formula is C22H15Cl2NO4. The van der Waals surface area contributed by atoms with Crippen LogP contribution in [0, 0.1) is 0 Å². The molecule has 0 radical (unpaired) electrons. The van der Waals surface area contributed by atoms with Crippen molar-refractivity contribution in [2.45, 2.75) is 19.3 Å². The van der Waals surface area contributed by atoms with Gasteiger partial charge in [0, 0.05) is 30.0 Å². The first-order valence-electron chi connectivity index (χ1n) is 8.96. The van der Waals surface area contributed by atoms with Gasteiger partial charge in [0.25, 0.3) is 0 Å². The number of hydrogen-bond donors (Lipinski definition) is 1. The molecule has 0 spiro atoms. The van der Waals surface area contributed by atoms with Gasteiger partial charge in [-0.1, -0.05) is 29.3 Å². The molecule has 146 valence electrons. The predicted molar refractivity (Wildman–Crippen MR) is 111 cm³/mol. The fourth-order valence-corrected chi connectivity index (χ4v) is 3.75. The van der Waals surface area contributed by atoms with Crippen LogP contribution in [0.3, 0.4) is 0 Å². The van der Waals surface area contributed by atoms with Crippen LogP contribution >= 0.6 is 23.2 Å². The van der Waals surface area contributed by atoms with Gasteiger partial charge in [0.15, 0.2) is 17.3 Å². The maximum Gasteiger partial charge on any atom is 0.200 e. The van der Waals surface area contributed by atoms with E-state index in [2.05, 4.69) is 4.98 Å². The van der Waals surface area contributed by atoms with Crippen molar-refractivity contribution < 1.29 is 19.4 Å². The number of allylic oxidation sites excluding steroid dienone is 2. The van der Waals surface area contributed by atoms with Crippen molar-refractivity contribution in [1.29, 1.82) is 0 Å². The molecule has 1 aromatic heterocycles. The molecule has 1 N–H and O–H groups in total. The van der Waals surface area contributed by atoms with Gasteiger partial charge in [-0.2, -0.15) is 0 Å². The molecule has 0 saturated heterocycles. The van der Waals surface area contributed by atoms with Crippen molar-refractivity contribution in [3.05, 3.63) is 75.6 Å². The highest BCUT2D eigenvalue weighted by Gasteiger charge is 2.27. The van der Waals surface area contributed by atoms with Gasteiger partial charge in [0.1, 0.15) is 17.1 Å². The van der Waals surface area contributed by atoms with E-state index in [0.29, 0.717) is 45.3 Å². The van der Waals surface area contributed by atoms with E-state index >= 15 is 0 Å². The zero-order chi connectivity index (χ0) is 20.5. The standard InChI is InChI=1S/C22H15Cl2NO4/c23-14-3-1-4-15(24)22(14)29-19-9-10-25-16-8-7-12(11-13(16)19)21(28)20-17(26)5-2-6-18(20)27/h1,3-4,7-11,26H,2,5-6H2.